The number of hydrogen-bond donors (Lipinski definition) is 4. The Kier molecular flexibility index (Phi) is 26.0. The van der Waals surface area contributed by atoms with Gasteiger partial charge in [0.05, 0.1) is 103 Å². The molecule has 3 saturated heterocycles. The number of carbonyl (C=O) groups excluding carboxylic acids is 7. The molecule has 3 fully saturated rings. The third-order valence-corrected chi connectivity index (χ3v) is 23.9. The van der Waals surface area contributed by atoms with Gasteiger partial charge >= 0.3 is 0 Å². The smallest absolute Gasteiger partial charge is 0.255 e. The second-order valence-electron chi connectivity index (χ2n) is 30.1. The quantitative estimate of drug-likeness (QED) is 0.0413. The number of fused-ring (bicyclic) bond motifs is 1. The maximum absolute atomic E-state index is 14.0. The highest BCUT2D eigenvalue weighted by atomic mass is 32.1. The van der Waals surface area contributed by atoms with E-state index in [0.717, 1.165) is 70.7 Å². The van der Waals surface area contributed by atoms with Crippen molar-refractivity contribution in [2.75, 3.05) is 26.2 Å². The maximum atomic E-state index is 14.0. The van der Waals surface area contributed by atoms with Gasteiger partial charge in [-0.15, -0.1) is 34.0 Å². The van der Waals surface area contributed by atoms with Gasteiger partial charge in [-0.3, -0.25) is 33.6 Å². The summed E-state index contributed by atoms with van der Waals surface area (Å²) in [5.41, 5.74) is 16.2. The van der Waals surface area contributed by atoms with Crippen LogP contribution in [0.15, 0.2) is 135 Å². The van der Waals surface area contributed by atoms with Gasteiger partial charge in [0.25, 0.3) is 5.91 Å². The van der Waals surface area contributed by atoms with Crippen molar-refractivity contribution in [3.05, 3.63) is 194 Å². The van der Waals surface area contributed by atoms with Gasteiger partial charge in [-0.05, 0) is 117 Å². The molecule has 5 aromatic heterocycles. The number of benzene rings is 4. The average molecular weight is 1520 g/mol. The molecule has 4 aromatic carbocycles. The van der Waals surface area contributed by atoms with Crippen molar-refractivity contribution in [3.8, 4) is 31.3 Å². The van der Waals surface area contributed by atoms with Gasteiger partial charge in [-0.2, -0.15) is 0 Å². The number of thiazole rings is 3. The van der Waals surface area contributed by atoms with E-state index in [1.54, 1.807) is 73.0 Å². The van der Waals surface area contributed by atoms with Gasteiger partial charge in [0.2, 0.25) is 17.7 Å². The lowest BCUT2D eigenvalue weighted by Gasteiger charge is -2.35. The fourth-order valence-electron chi connectivity index (χ4n) is 15.2. The second-order valence-corrected chi connectivity index (χ2v) is 32.7. The van der Waals surface area contributed by atoms with Crippen molar-refractivity contribution in [2.24, 2.45) is 17.8 Å². The number of hydrogen-bond acceptors (Lipinski definition) is 21. The van der Waals surface area contributed by atoms with E-state index in [9.17, 15) is 54.0 Å². The molecule has 0 radical (unpaired) electrons. The Morgan fingerprint density at radius 2 is 0.917 bits per heavy atom. The number of aromatic nitrogens is 5. The molecule has 4 aliphatic rings. The molecule has 4 N–H and O–H groups in total. The molecule has 0 aliphatic carbocycles. The monoisotopic (exact) mass is 1520 g/mol. The van der Waals surface area contributed by atoms with Crippen LogP contribution in [0.4, 0.5) is 0 Å². The molecule has 0 saturated carbocycles. The minimum atomic E-state index is -1.57. The fourth-order valence-corrected chi connectivity index (χ4v) is 17.6. The molecule has 0 bridgehead atoms. The summed E-state index contributed by atoms with van der Waals surface area (Å²) in [5.74, 6) is -1.53. The van der Waals surface area contributed by atoms with Crippen molar-refractivity contribution < 1.29 is 63.0 Å². The van der Waals surface area contributed by atoms with E-state index >= 15 is 0 Å². The van der Waals surface area contributed by atoms with Crippen LogP contribution in [0.25, 0.3) is 31.3 Å². The SMILES string of the molecule is Cc1cc([C@@H](C(=O)N2C[C@H](O)C[C@H]2C(=O)CCc2ccc(-c3scnc3C)cc2)C(C)C)on1.Cc1cc([C@H](C(=O)N2C[C@H](O)C[C@H]2C(=O)CCc2ccc(-c3scnc3C)cc2)C(C)C)on1.Cc1ncsc1-c1ccc(CCC(=O)[C@@H]2C[C@@](O)(CO)CN2C(=O)[C@H](C(C)C)N2Cc3ccccc3C2=O)cc1. The first-order chi connectivity index (χ1) is 51.6. The standard InChI is InChI=1S/C31H35N3O5S.2C26H31N3O4S/c1-19(2)27(33-15-23-6-4-5-7-24(23)29(33)37)30(38)34-16-31(39,17-35)14-25(34)26(36)13-10-21-8-11-22(12-9-21)28-20(3)32-18-40-28;2*1-15(2)24(23-11-16(3)28-33-23)26(32)29-13-20(30)12-21(29)22(31)10-7-18-5-8-19(9-6-18)25-17(4)27-14-34-25/h4-9,11-12,18-19,25,27,35,39H,10,13-17H2,1-3H3;2*5-6,8-9,11,14-15,20-21,24,30H,7,10,12-13H2,1-4H3/t25-,27-,31-;20-,21+,24+;20-,21+,24-/m011/s1. The van der Waals surface area contributed by atoms with Crippen LogP contribution >= 0.6 is 34.0 Å². The lowest BCUT2D eigenvalue weighted by molar-refractivity contribution is -0.143. The summed E-state index contributed by atoms with van der Waals surface area (Å²) in [6, 6.07) is 32.4. The third kappa shape index (κ3) is 18.4. The zero-order valence-electron chi connectivity index (χ0n) is 63.1. The van der Waals surface area contributed by atoms with Crippen LogP contribution in [-0.4, -0.2) is 174 Å². The van der Waals surface area contributed by atoms with Crippen molar-refractivity contribution >= 4 is 75.0 Å². The summed E-state index contributed by atoms with van der Waals surface area (Å²) >= 11 is 4.81. The Morgan fingerprint density at radius 3 is 1.25 bits per heavy atom. The third-order valence-electron chi connectivity index (χ3n) is 20.9. The maximum Gasteiger partial charge on any atom is 0.255 e. The van der Waals surface area contributed by atoms with E-state index in [2.05, 4.69) is 49.5 Å². The Bertz CT molecular complexity index is 4450. The van der Waals surface area contributed by atoms with Crippen LogP contribution in [0, 0.1) is 52.4 Å². The number of likely N-dealkylation sites (tertiary alicyclic amines) is 3. The number of amides is 4. The largest absolute Gasteiger partial charge is 0.393 e. The van der Waals surface area contributed by atoms with Gasteiger partial charge in [-0.1, -0.05) is 143 Å². The van der Waals surface area contributed by atoms with E-state index in [1.165, 1.54) is 4.90 Å². The minimum Gasteiger partial charge on any atom is -0.393 e. The molecule has 22 nitrogen and oxygen atoms in total. The highest BCUT2D eigenvalue weighted by molar-refractivity contribution is 7.14. The number of nitrogens with zero attached hydrogens (tertiary/aromatic N) is 9. The second kappa shape index (κ2) is 35.1. The van der Waals surface area contributed by atoms with E-state index in [-0.39, 0.29) is 104 Å². The summed E-state index contributed by atoms with van der Waals surface area (Å²) in [6.45, 7) is 21.1. The van der Waals surface area contributed by atoms with Crippen LogP contribution in [-0.2, 0) is 54.6 Å². The first-order valence-electron chi connectivity index (χ1n) is 37.0. The number of Topliss-reactive ketones (excluding diaryl/α,β-unsaturated/α-hetero) is 3. The topological polar surface area (TPSA) is 304 Å². The summed E-state index contributed by atoms with van der Waals surface area (Å²) < 4.78 is 10.8. The van der Waals surface area contributed by atoms with E-state index in [1.807, 2.05) is 153 Å². The molecular weight excluding hydrogens is 1430 g/mol. The molecule has 9 heterocycles. The highest BCUT2D eigenvalue weighted by Gasteiger charge is 2.51. The highest BCUT2D eigenvalue weighted by Crippen LogP contribution is 2.38. The minimum absolute atomic E-state index is 0.0245. The zero-order chi connectivity index (χ0) is 77.4. The van der Waals surface area contributed by atoms with Crippen molar-refractivity contribution in [3.63, 3.8) is 0 Å². The summed E-state index contributed by atoms with van der Waals surface area (Å²) in [7, 11) is 0. The lowest BCUT2D eigenvalue weighted by atomic mass is 9.91. The number of β-amino-alcohol motifs (C(OH)–C–C–N with tert-alkyl or cyclic N) is 3. The Balaban J connectivity index is 0.000000162. The predicted octanol–water partition coefficient (Wildman–Crippen LogP) is 12.3. The molecule has 9 atom stereocenters. The molecule has 0 unspecified atom stereocenters. The molecular formula is C83H97N9O13S3. The van der Waals surface area contributed by atoms with Crippen LogP contribution < -0.4 is 0 Å². The number of aliphatic hydroxyl groups is 4. The Hall–Kier alpha value is -9.08. The number of rotatable bonds is 25. The van der Waals surface area contributed by atoms with Crippen molar-refractivity contribution in [1.29, 1.82) is 0 Å². The molecule has 108 heavy (non-hydrogen) atoms. The Morgan fingerprint density at radius 1 is 0.528 bits per heavy atom. The van der Waals surface area contributed by atoms with Crippen LogP contribution in [0.2, 0.25) is 0 Å². The van der Waals surface area contributed by atoms with Gasteiger partial charge in [0.15, 0.2) is 17.3 Å². The molecule has 9 aromatic rings. The molecule has 13 rings (SSSR count). The summed E-state index contributed by atoms with van der Waals surface area (Å²) in [6.07, 6.45) is 1.59. The van der Waals surface area contributed by atoms with Gasteiger partial charge in [0.1, 0.15) is 35.0 Å². The predicted molar refractivity (Wildman–Crippen MR) is 414 cm³/mol. The normalized spacial score (nSPS) is 19.9. The van der Waals surface area contributed by atoms with Crippen molar-refractivity contribution in [2.45, 2.75) is 194 Å². The summed E-state index contributed by atoms with van der Waals surface area (Å²) in [4.78, 5) is 116. The van der Waals surface area contributed by atoms with Crippen LogP contribution in [0.1, 0.15) is 165 Å². The molecule has 570 valence electrons. The lowest BCUT2D eigenvalue weighted by Crippen LogP contribution is -2.54. The number of carbonyl (C=O) groups is 7. The first kappa shape index (κ1) is 79.9. The summed E-state index contributed by atoms with van der Waals surface area (Å²) in [5, 5.41) is 49.3. The van der Waals surface area contributed by atoms with Crippen LogP contribution in [0.3, 0.4) is 0 Å². The van der Waals surface area contributed by atoms with Gasteiger partial charge in [-0.25, -0.2) is 15.0 Å². The van der Waals surface area contributed by atoms with Gasteiger partial charge in [0, 0.05) is 75.9 Å². The molecule has 25 heteroatoms. The Labute approximate surface area is 642 Å². The molecule has 0 spiro atoms. The number of ketones is 3. The van der Waals surface area contributed by atoms with E-state index < -0.39 is 60.4 Å². The zero-order valence-corrected chi connectivity index (χ0v) is 65.5. The van der Waals surface area contributed by atoms with E-state index in [4.69, 9.17) is 9.05 Å². The van der Waals surface area contributed by atoms with Crippen molar-refractivity contribution in [1.82, 2.24) is 44.9 Å². The first-order valence-corrected chi connectivity index (χ1v) is 39.7. The number of aryl methyl sites for hydroxylation is 8. The fraction of sp³-hybridized carbons (Fsp3) is 0.446. The molecule has 4 aliphatic heterocycles. The van der Waals surface area contributed by atoms with Gasteiger partial charge < -0.3 is 49.1 Å². The molecule has 4 amide bonds. The van der Waals surface area contributed by atoms with E-state index in [0.29, 0.717) is 67.1 Å². The average Bonchev–Trinajstić information content (AvgIpc) is 1.61. The van der Waals surface area contributed by atoms with Crippen LogP contribution in [0.5, 0.6) is 0 Å². The number of aliphatic hydroxyl groups excluding tert-OH is 3.